The van der Waals surface area contributed by atoms with Crippen molar-refractivity contribution in [1.29, 1.82) is 0 Å². The number of nitrogens with zero attached hydrogens (tertiary/aromatic N) is 1. The van der Waals surface area contributed by atoms with E-state index in [0.29, 0.717) is 11.6 Å². The summed E-state index contributed by atoms with van der Waals surface area (Å²) in [5.41, 5.74) is 7.01. The molecule has 0 spiro atoms. The summed E-state index contributed by atoms with van der Waals surface area (Å²) in [6.45, 7) is 9.95. The molecule has 1 rings (SSSR count). The molecular weight excluding hydrogens is 267 g/mol. The molecule has 0 heterocycles. The van der Waals surface area contributed by atoms with Crippen molar-refractivity contribution < 1.29 is 0 Å². The third-order valence-electron chi connectivity index (χ3n) is 3.06. The molecule has 0 aromatic heterocycles. The highest BCUT2D eigenvalue weighted by Gasteiger charge is 2.19. The van der Waals surface area contributed by atoms with E-state index in [-0.39, 0.29) is 5.41 Å². The molecule has 0 saturated carbocycles. The van der Waals surface area contributed by atoms with Crippen LogP contribution in [-0.4, -0.2) is 24.5 Å². The standard InChI is InChI=1S/C14H22Cl2N2/c1-4-18(10-14(2,3)9-17)8-11-5-6-12(15)7-13(11)16/h5-7H,4,8-10,17H2,1-3H3. The first-order valence-electron chi connectivity index (χ1n) is 6.24. The van der Waals surface area contributed by atoms with E-state index in [0.717, 1.165) is 30.2 Å². The lowest BCUT2D eigenvalue weighted by Crippen LogP contribution is -2.38. The van der Waals surface area contributed by atoms with Crippen LogP contribution in [0.4, 0.5) is 0 Å². The van der Waals surface area contributed by atoms with Crippen molar-refractivity contribution in [2.45, 2.75) is 27.3 Å². The first-order chi connectivity index (χ1) is 8.38. The maximum Gasteiger partial charge on any atom is 0.0465 e. The Morgan fingerprint density at radius 1 is 1.28 bits per heavy atom. The molecule has 0 bridgehead atoms. The van der Waals surface area contributed by atoms with Gasteiger partial charge in [-0.15, -0.1) is 0 Å². The summed E-state index contributed by atoms with van der Waals surface area (Å²) < 4.78 is 0. The van der Waals surface area contributed by atoms with Crippen LogP contribution in [0.3, 0.4) is 0 Å². The molecule has 0 saturated heterocycles. The summed E-state index contributed by atoms with van der Waals surface area (Å²) >= 11 is 12.1. The lowest BCUT2D eigenvalue weighted by molar-refractivity contribution is 0.183. The van der Waals surface area contributed by atoms with E-state index in [1.807, 2.05) is 12.1 Å². The van der Waals surface area contributed by atoms with Gasteiger partial charge in [-0.05, 0) is 36.2 Å². The highest BCUT2D eigenvalue weighted by Crippen LogP contribution is 2.23. The Morgan fingerprint density at radius 2 is 1.94 bits per heavy atom. The van der Waals surface area contributed by atoms with Gasteiger partial charge < -0.3 is 5.73 Å². The fraction of sp³-hybridized carbons (Fsp3) is 0.571. The fourth-order valence-corrected chi connectivity index (χ4v) is 2.31. The molecule has 0 atom stereocenters. The Kier molecular flexibility index (Phi) is 5.93. The Hall–Kier alpha value is -0.280. The van der Waals surface area contributed by atoms with Crippen LogP contribution in [0.5, 0.6) is 0 Å². The molecule has 102 valence electrons. The van der Waals surface area contributed by atoms with Crippen LogP contribution in [0.15, 0.2) is 18.2 Å². The number of nitrogens with two attached hydrogens (primary N) is 1. The Labute approximate surface area is 120 Å². The summed E-state index contributed by atoms with van der Waals surface area (Å²) in [5, 5.41) is 1.40. The number of benzene rings is 1. The quantitative estimate of drug-likeness (QED) is 0.863. The molecule has 0 aliphatic heterocycles. The van der Waals surface area contributed by atoms with Gasteiger partial charge >= 0.3 is 0 Å². The van der Waals surface area contributed by atoms with Gasteiger partial charge in [-0.2, -0.15) is 0 Å². The highest BCUT2D eigenvalue weighted by molar-refractivity contribution is 6.35. The largest absolute Gasteiger partial charge is 0.330 e. The maximum absolute atomic E-state index is 6.20. The lowest BCUT2D eigenvalue weighted by atomic mass is 9.93. The summed E-state index contributed by atoms with van der Waals surface area (Å²) in [6, 6.07) is 5.66. The lowest BCUT2D eigenvalue weighted by Gasteiger charge is -2.31. The number of halogens is 2. The number of rotatable bonds is 6. The minimum absolute atomic E-state index is 0.120. The van der Waals surface area contributed by atoms with Crippen LogP contribution in [0, 0.1) is 5.41 Å². The predicted molar refractivity (Wildman–Crippen MR) is 80.2 cm³/mol. The average Bonchev–Trinajstić information content (AvgIpc) is 2.31. The third kappa shape index (κ3) is 4.77. The molecule has 0 aliphatic carbocycles. The second-order valence-electron chi connectivity index (χ2n) is 5.41. The Morgan fingerprint density at radius 3 is 2.44 bits per heavy atom. The Balaban J connectivity index is 2.74. The molecule has 0 fully saturated rings. The highest BCUT2D eigenvalue weighted by atomic mass is 35.5. The van der Waals surface area contributed by atoms with Crippen molar-refractivity contribution in [3.63, 3.8) is 0 Å². The van der Waals surface area contributed by atoms with E-state index in [4.69, 9.17) is 28.9 Å². The SMILES string of the molecule is CCN(Cc1ccc(Cl)cc1Cl)CC(C)(C)CN. The zero-order chi connectivity index (χ0) is 13.8. The van der Waals surface area contributed by atoms with Gasteiger partial charge in [0.2, 0.25) is 0 Å². The molecule has 2 N–H and O–H groups in total. The van der Waals surface area contributed by atoms with Crippen LogP contribution in [-0.2, 0) is 6.54 Å². The first kappa shape index (κ1) is 15.8. The van der Waals surface area contributed by atoms with E-state index in [9.17, 15) is 0 Å². The predicted octanol–water partition coefficient (Wildman–Crippen LogP) is 3.80. The van der Waals surface area contributed by atoms with Gasteiger partial charge in [-0.25, -0.2) is 0 Å². The molecular formula is C14H22Cl2N2. The molecule has 2 nitrogen and oxygen atoms in total. The summed E-state index contributed by atoms with van der Waals surface area (Å²) in [5.74, 6) is 0. The summed E-state index contributed by atoms with van der Waals surface area (Å²) in [6.07, 6.45) is 0. The smallest absolute Gasteiger partial charge is 0.0465 e. The number of hydrogen-bond donors (Lipinski definition) is 1. The minimum atomic E-state index is 0.120. The minimum Gasteiger partial charge on any atom is -0.330 e. The molecule has 0 unspecified atom stereocenters. The van der Waals surface area contributed by atoms with Crippen LogP contribution in [0.25, 0.3) is 0 Å². The molecule has 4 heteroatoms. The second kappa shape index (κ2) is 6.76. The molecule has 1 aromatic carbocycles. The van der Waals surface area contributed by atoms with Gasteiger partial charge in [-0.1, -0.05) is 50.0 Å². The summed E-state index contributed by atoms with van der Waals surface area (Å²) in [4.78, 5) is 2.35. The van der Waals surface area contributed by atoms with Gasteiger partial charge in [0.15, 0.2) is 0 Å². The van der Waals surface area contributed by atoms with Crippen LogP contribution < -0.4 is 5.73 Å². The monoisotopic (exact) mass is 288 g/mol. The number of hydrogen-bond acceptors (Lipinski definition) is 2. The van der Waals surface area contributed by atoms with Crippen LogP contribution in [0.1, 0.15) is 26.3 Å². The van der Waals surface area contributed by atoms with Gasteiger partial charge in [-0.3, -0.25) is 4.90 Å². The van der Waals surface area contributed by atoms with E-state index in [1.54, 1.807) is 6.07 Å². The molecule has 0 radical (unpaired) electrons. The van der Waals surface area contributed by atoms with Gasteiger partial charge in [0, 0.05) is 23.1 Å². The van der Waals surface area contributed by atoms with Gasteiger partial charge in [0.05, 0.1) is 0 Å². The van der Waals surface area contributed by atoms with Crippen molar-refractivity contribution >= 4 is 23.2 Å². The molecule has 18 heavy (non-hydrogen) atoms. The maximum atomic E-state index is 6.20. The fourth-order valence-electron chi connectivity index (χ4n) is 1.84. The van der Waals surface area contributed by atoms with E-state index >= 15 is 0 Å². The van der Waals surface area contributed by atoms with E-state index < -0.39 is 0 Å². The van der Waals surface area contributed by atoms with Gasteiger partial charge in [0.1, 0.15) is 0 Å². The zero-order valence-electron chi connectivity index (χ0n) is 11.3. The van der Waals surface area contributed by atoms with Crippen molar-refractivity contribution in [2.75, 3.05) is 19.6 Å². The molecule has 1 aromatic rings. The molecule has 0 aliphatic rings. The zero-order valence-corrected chi connectivity index (χ0v) is 12.9. The topological polar surface area (TPSA) is 29.3 Å². The average molecular weight is 289 g/mol. The van der Waals surface area contributed by atoms with Crippen LogP contribution >= 0.6 is 23.2 Å². The normalized spacial score (nSPS) is 12.2. The van der Waals surface area contributed by atoms with Crippen molar-refractivity contribution in [3.05, 3.63) is 33.8 Å². The van der Waals surface area contributed by atoms with Gasteiger partial charge in [0.25, 0.3) is 0 Å². The van der Waals surface area contributed by atoms with Crippen molar-refractivity contribution in [1.82, 2.24) is 4.90 Å². The first-order valence-corrected chi connectivity index (χ1v) is 7.00. The Bertz CT molecular complexity index is 391. The molecule has 0 amide bonds. The van der Waals surface area contributed by atoms with Crippen molar-refractivity contribution in [3.8, 4) is 0 Å². The second-order valence-corrected chi connectivity index (χ2v) is 6.25. The third-order valence-corrected chi connectivity index (χ3v) is 3.65. The van der Waals surface area contributed by atoms with E-state index in [1.165, 1.54) is 0 Å². The van der Waals surface area contributed by atoms with Crippen molar-refractivity contribution in [2.24, 2.45) is 11.1 Å². The van der Waals surface area contributed by atoms with Crippen LogP contribution in [0.2, 0.25) is 10.0 Å². The summed E-state index contributed by atoms with van der Waals surface area (Å²) in [7, 11) is 0. The van der Waals surface area contributed by atoms with E-state index in [2.05, 4.69) is 25.7 Å².